The van der Waals surface area contributed by atoms with E-state index < -0.39 is 0 Å². The second-order valence-electron chi connectivity index (χ2n) is 4.72. The summed E-state index contributed by atoms with van der Waals surface area (Å²) in [6.07, 6.45) is 2.91. The van der Waals surface area contributed by atoms with Crippen LogP contribution in [-0.2, 0) is 4.74 Å². The number of hydrogen-bond acceptors (Lipinski definition) is 5. The van der Waals surface area contributed by atoms with Crippen molar-refractivity contribution in [3.05, 3.63) is 12.3 Å². The number of nitrogens with two attached hydrogens (primary N) is 1. The number of nitrogens with one attached hydrogen (secondary N) is 2. The number of nitrogens with zero attached hydrogens (tertiary/aromatic N) is 2. The van der Waals surface area contributed by atoms with Crippen LogP contribution in [-0.4, -0.2) is 48.2 Å². The average Bonchev–Trinajstić information content (AvgIpc) is 2.83. The highest BCUT2D eigenvalue weighted by atomic mass is 16.5. The van der Waals surface area contributed by atoms with E-state index in [1.807, 2.05) is 16.9 Å². The Balaban J connectivity index is 1.59. The summed E-state index contributed by atoms with van der Waals surface area (Å²) in [4.78, 5) is 0. The molecule has 2 saturated heterocycles. The lowest BCUT2D eigenvalue weighted by Gasteiger charge is -2.29. The summed E-state index contributed by atoms with van der Waals surface area (Å²) < 4.78 is 7.61. The molecule has 3 rings (SSSR count). The van der Waals surface area contributed by atoms with E-state index in [1.165, 1.54) is 0 Å². The third kappa shape index (κ3) is 2.15. The highest BCUT2D eigenvalue weighted by Gasteiger charge is 2.26. The van der Waals surface area contributed by atoms with Crippen LogP contribution in [0.25, 0.3) is 0 Å². The van der Waals surface area contributed by atoms with Gasteiger partial charge >= 0.3 is 0 Å². The first-order chi connectivity index (χ1) is 8.34. The Labute approximate surface area is 100 Å². The fraction of sp³-hybridized carbons (Fsp3) is 0.727. The molecule has 17 heavy (non-hydrogen) atoms. The first-order valence-electron chi connectivity index (χ1n) is 6.20. The first kappa shape index (κ1) is 11.0. The monoisotopic (exact) mass is 237 g/mol. The van der Waals surface area contributed by atoms with Crippen LogP contribution >= 0.6 is 0 Å². The third-order valence-corrected chi connectivity index (χ3v) is 3.52. The topological polar surface area (TPSA) is 77.1 Å². The number of ether oxygens (including phenoxy) is 1. The quantitative estimate of drug-likeness (QED) is 0.661. The molecule has 0 bridgehead atoms. The fourth-order valence-corrected chi connectivity index (χ4v) is 2.27. The van der Waals surface area contributed by atoms with E-state index >= 15 is 0 Å². The minimum absolute atomic E-state index is 0.123. The Morgan fingerprint density at radius 1 is 1.59 bits per heavy atom. The van der Waals surface area contributed by atoms with Gasteiger partial charge in [0.15, 0.2) is 0 Å². The maximum absolute atomic E-state index is 5.96. The normalized spacial score (nSPS) is 29.2. The standard InChI is InChI=1S/C11H19N5O/c12-9-2-4-17-10(9)7-14-11-1-3-15-16(11)8-5-13-6-8/h1,3,8-10,13-14H,2,4-7,12H2. The molecule has 0 aromatic carbocycles. The lowest BCUT2D eigenvalue weighted by Crippen LogP contribution is -2.44. The molecule has 3 heterocycles. The second-order valence-corrected chi connectivity index (χ2v) is 4.72. The lowest BCUT2D eigenvalue weighted by molar-refractivity contribution is 0.114. The van der Waals surface area contributed by atoms with Crippen molar-refractivity contribution < 1.29 is 4.74 Å². The number of rotatable bonds is 4. The van der Waals surface area contributed by atoms with E-state index in [4.69, 9.17) is 10.5 Å². The summed E-state index contributed by atoms with van der Waals surface area (Å²) in [5, 5.41) is 11.0. The van der Waals surface area contributed by atoms with E-state index in [0.717, 1.165) is 38.5 Å². The summed E-state index contributed by atoms with van der Waals surface area (Å²) in [7, 11) is 0. The molecule has 0 spiro atoms. The second kappa shape index (κ2) is 4.64. The largest absolute Gasteiger partial charge is 0.375 e. The van der Waals surface area contributed by atoms with Gasteiger partial charge in [0, 0.05) is 38.3 Å². The molecule has 0 radical (unpaired) electrons. The number of anilines is 1. The molecule has 4 N–H and O–H groups in total. The van der Waals surface area contributed by atoms with Crippen molar-refractivity contribution in [1.82, 2.24) is 15.1 Å². The molecule has 2 atom stereocenters. The molecule has 2 unspecified atom stereocenters. The Bertz CT molecular complexity index is 376. The van der Waals surface area contributed by atoms with Gasteiger partial charge in [-0.1, -0.05) is 0 Å². The van der Waals surface area contributed by atoms with Gasteiger partial charge < -0.3 is 21.1 Å². The summed E-state index contributed by atoms with van der Waals surface area (Å²) in [5.74, 6) is 1.05. The molecular weight excluding hydrogens is 218 g/mol. The van der Waals surface area contributed by atoms with Gasteiger partial charge in [-0.25, -0.2) is 4.68 Å². The van der Waals surface area contributed by atoms with Crippen LogP contribution in [0.3, 0.4) is 0 Å². The summed E-state index contributed by atoms with van der Waals surface area (Å²) in [5.41, 5.74) is 5.96. The van der Waals surface area contributed by atoms with E-state index in [2.05, 4.69) is 15.7 Å². The van der Waals surface area contributed by atoms with E-state index in [-0.39, 0.29) is 12.1 Å². The van der Waals surface area contributed by atoms with Crippen molar-refractivity contribution >= 4 is 5.82 Å². The van der Waals surface area contributed by atoms with E-state index in [9.17, 15) is 0 Å². The van der Waals surface area contributed by atoms with E-state index in [1.54, 1.807) is 0 Å². The molecule has 2 aliphatic heterocycles. The molecule has 2 fully saturated rings. The van der Waals surface area contributed by atoms with Gasteiger partial charge in [0.2, 0.25) is 0 Å². The molecule has 6 nitrogen and oxygen atoms in total. The minimum atomic E-state index is 0.123. The summed E-state index contributed by atoms with van der Waals surface area (Å²) in [6.45, 7) is 3.53. The zero-order valence-electron chi connectivity index (χ0n) is 9.80. The zero-order chi connectivity index (χ0) is 11.7. The van der Waals surface area contributed by atoms with Crippen molar-refractivity contribution in [2.75, 3.05) is 31.6 Å². The molecule has 1 aromatic heterocycles. The van der Waals surface area contributed by atoms with Crippen LogP contribution < -0.4 is 16.4 Å². The van der Waals surface area contributed by atoms with Crippen LogP contribution in [0.5, 0.6) is 0 Å². The smallest absolute Gasteiger partial charge is 0.124 e. The number of aromatic nitrogens is 2. The fourth-order valence-electron chi connectivity index (χ4n) is 2.27. The lowest BCUT2D eigenvalue weighted by atomic mass is 10.1. The number of hydrogen-bond donors (Lipinski definition) is 3. The Morgan fingerprint density at radius 3 is 3.12 bits per heavy atom. The summed E-state index contributed by atoms with van der Waals surface area (Å²) in [6, 6.07) is 2.63. The third-order valence-electron chi connectivity index (χ3n) is 3.52. The Hall–Kier alpha value is -1.11. The van der Waals surface area contributed by atoms with Gasteiger partial charge in [0.05, 0.1) is 18.3 Å². The van der Waals surface area contributed by atoms with Crippen molar-refractivity contribution in [2.45, 2.75) is 24.6 Å². The Kier molecular flexibility index (Phi) is 3.00. The highest BCUT2D eigenvalue weighted by molar-refractivity contribution is 5.35. The van der Waals surface area contributed by atoms with Crippen molar-refractivity contribution in [3.63, 3.8) is 0 Å². The van der Waals surface area contributed by atoms with Crippen molar-refractivity contribution in [3.8, 4) is 0 Å². The summed E-state index contributed by atoms with van der Waals surface area (Å²) >= 11 is 0. The zero-order valence-corrected chi connectivity index (χ0v) is 9.80. The van der Waals surface area contributed by atoms with Gasteiger partial charge in [-0.3, -0.25) is 0 Å². The molecule has 6 heteroatoms. The van der Waals surface area contributed by atoms with Crippen molar-refractivity contribution in [1.29, 1.82) is 0 Å². The Morgan fingerprint density at radius 2 is 2.47 bits per heavy atom. The van der Waals surface area contributed by atoms with Crippen LogP contribution in [0.2, 0.25) is 0 Å². The maximum atomic E-state index is 5.96. The molecular formula is C11H19N5O. The molecule has 0 aliphatic carbocycles. The van der Waals surface area contributed by atoms with Gasteiger partial charge in [-0.05, 0) is 6.42 Å². The predicted molar refractivity (Wildman–Crippen MR) is 65.0 cm³/mol. The predicted octanol–water partition coefficient (Wildman–Crippen LogP) is -0.445. The van der Waals surface area contributed by atoms with Crippen LogP contribution in [0.1, 0.15) is 12.5 Å². The van der Waals surface area contributed by atoms with Crippen molar-refractivity contribution in [2.24, 2.45) is 5.73 Å². The molecule has 2 aliphatic rings. The molecule has 0 amide bonds. The van der Waals surface area contributed by atoms with E-state index in [0.29, 0.717) is 6.04 Å². The molecule has 0 saturated carbocycles. The van der Waals surface area contributed by atoms with Gasteiger partial charge in [-0.15, -0.1) is 0 Å². The molecule has 1 aromatic rings. The molecule has 94 valence electrons. The highest BCUT2D eigenvalue weighted by Crippen LogP contribution is 2.18. The maximum Gasteiger partial charge on any atom is 0.124 e. The van der Waals surface area contributed by atoms with Crippen LogP contribution in [0, 0.1) is 0 Å². The minimum Gasteiger partial charge on any atom is -0.375 e. The van der Waals surface area contributed by atoms with Crippen LogP contribution in [0.4, 0.5) is 5.82 Å². The van der Waals surface area contributed by atoms with Crippen LogP contribution in [0.15, 0.2) is 12.3 Å². The average molecular weight is 237 g/mol. The SMILES string of the molecule is NC1CCOC1CNc1ccnn1C1CNC1. The van der Waals surface area contributed by atoms with Gasteiger partial charge in [0.1, 0.15) is 5.82 Å². The van der Waals surface area contributed by atoms with Gasteiger partial charge in [0.25, 0.3) is 0 Å². The van der Waals surface area contributed by atoms with Gasteiger partial charge in [-0.2, -0.15) is 5.10 Å². The first-order valence-corrected chi connectivity index (χ1v) is 6.20.